The second-order valence-electron chi connectivity index (χ2n) is 5.03. The molecule has 1 heterocycles. The molecular weight excluding hydrogens is 411 g/mol. The summed E-state index contributed by atoms with van der Waals surface area (Å²) in [6.07, 6.45) is 2.48. The number of rotatable bonds is 9. The van der Waals surface area contributed by atoms with Crippen LogP contribution in [-0.4, -0.2) is 62.1 Å². The molecule has 0 aromatic rings. The molecule has 0 bridgehead atoms. The van der Waals surface area contributed by atoms with Gasteiger partial charge in [-0.1, -0.05) is 0 Å². The van der Waals surface area contributed by atoms with Crippen LogP contribution in [0.1, 0.15) is 39.5 Å². The molecule has 1 fully saturated rings. The van der Waals surface area contributed by atoms with E-state index < -0.39 is 0 Å². The van der Waals surface area contributed by atoms with Gasteiger partial charge >= 0.3 is 0 Å². The number of nitrogens with one attached hydrogen (secondary N) is 2. The Kier molecular flexibility index (Phi) is 13.0. The van der Waals surface area contributed by atoms with Gasteiger partial charge in [-0.25, -0.2) is 0 Å². The molecule has 1 aliphatic heterocycles. The average molecular weight is 440 g/mol. The molecule has 0 saturated carbocycles. The van der Waals surface area contributed by atoms with Crippen molar-refractivity contribution in [2.75, 3.05) is 39.4 Å². The number of halogens is 1. The Bertz CT molecular complexity index is 375. The third-order valence-electron chi connectivity index (χ3n) is 3.28. The fourth-order valence-electron chi connectivity index (χ4n) is 2.18. The van der Waals surface area contributed by atoms with E-state index in [1.807, 2.05) is 13.8 Å². The van der Waals surface area contributed by atoms with Gasteiger partial charge in [0.05, 0.1) is 0 Å². The van der Waals surface area contributed by atoms with E-state index in [0.717, 1.165) is 19.6 Å². The minimum atomic E-state index is -0.0725. The summed E-state index contributed by atoms with van der Waals surface area (Å²) in [4.78, 5) is 29.2. The molecule has 0 unspecified atom stereocenters. The number of aliphatic imine (C=N–C) groups is 1. The van der Waals surface area contributed by atoms with E-state index in [1.165, 1.54) is 4.90 Å². The van der Waals surface area contributed by atoms with Crippen molar-refractivity contribution in [3.05, 3.63) is 0 Å². The Hall–Kier alpha value is -0.900. The number of carbonyl (C=O) groups is 2. The summed E-state index contributed by atoms with van der Waals surface area (Å²) in [6, 6.07) is 0. The third kappa shape index (κ3) is 9.09. The Morgan fingerprint density at radius 2 is 1.91 bits per heavy atom. The first kappa shape index (κ1) is 22.1. The molecule has 2 N–H and O–H groups in total. The highest BCUT2D eigenvalue weighted by atomic mass is 127. The first-order valence-corrected chi connectivity index (χ1v) is 8.12. The first-order valence-electron chi connectivity index (χ1n) is 8.12. The summed E-state index contributed by atoms with van der Waals surface area (Å²) in [5, 5.41) is 6.30. The van der Waals surface area contributed by atoms with Crippen molar-refractivity contribution in [1.29, 1.82) is 0 Å². The zero-order chi connectivity index (χ0) is 16.2. The summed E-state index contributed by atoms with van der Waals surface area (Å²) < 4.78 is 5.27. The number of piperidine rings is 1. The highest BCUT2D eigenvalue weighted by molar-refractivity contribution is 14.0. The molecule has 23 heavy (non-hydrogen) atoms. The molecule has 8 heteroatoms. The van der Waals surface area contributed by atoms with Crippen LogP contribution in [0.3, 0.4) is 0 Å². The van der Waals surface area contributed by atoms with Crippen molar-refractivity contribution in [3.63, 3.8) is 0 Å². The normalized spacial score (nSPS) is 15.4. The predicted molar refractivity (Wildman–Crippen MR) is 101 cm³/mol. The highest BCUT2D eigenvalue weighted by Crippen LogP contribution is 2.11. The maximum atomic E-state index is 11.7. The van der Waals surface area contributed by atoms with Gasteiger partial charge in [0.2, 0.25) is 11.8 Å². The average Bonchev–Trinajstić information content (AvgIpc) is 2.50. The molecule has 0 radical (unpaired) electrons. The van der Waals surface area contributed by atoms with Crippen LogP contribution < -0.4 is 10.6 Å². The summed E-state index contributed by atoms with van der Waals surface area (Å²) in [5.74, 6) is 0.560. The van der Waals surface area contributed by atoms with Gasteiger partial charge in [-0.3, -0.25) is 19.5 Å². The van der Waals surface area contributed by atoms with Crippen LogP contribution in [0.5, 0.6) is 0 Å². The lowest BCUT2D eigenvalue weighted by Gasteiger charge is -2.25. The molecule has 7 nitrogen and oxygen atoms in total. The van der Waals surface area contributed by atoms with Crippen LogP contribution >= 0.6 is 24.0 Å². The zero-order valence-electron chi connectivity index (χ0n) is 14.1. The standard InChI is InChI=1S/C15H28N4O3.HI/c1-3-16-15(17-9-6-12-22-4-2)18-10-11-19-13(20)7-5-8-14(19)21;/h3-12H2,1-2H3,(H2,16,17,18);1H. The van der Waals surface area contributed by atoms with Gasteiger partial charge in [0.15, 0.2) is 5.96 Å². The molecule has 1 aliphatic rings. The van der Waals surface area contributed by atoms with Crippen molar-refractivity contribution < 1.29 is 14.3 Å². The number of hydrogen-bond acceptors (Lipinski definition) is 4. The van der Waals surface area contributed by atoms with E-state index in [-0.39, 0.29) is 35.8 Å². The van der Waals surface area contributed by atoms with E-state index in [2.05, 4.69) is 15.6 Å². The van der Waals surface area contributed by atoms with E-state index >= 15 is 0 Å². The van der Waals surface area contributed by atoms with Crippen molar-refractivity contribution >= 4 is 41.8 Å². The van der Waals surface area contributed by atoms with Crippen LogP contribution in [0.2, 0.25) is 0 Å². The summed E-state index contributed by atoms with van der Waals surface area (Å²) in [7, 11) is 0. The van der Waals surface area contributed by atoms with Gasteiger partial charge in [-0.05, 0) is 26.7 Å². The minimum absolute atomic E-state index is 0. The monoisotopic (exact) mass is 440 g/mol. The number of carbonyl (C=O) groups excluding carboxylic acids is 2. The second kappa shape index (κ2) is 13.5. The van der Waals surface area contributed by atoms with Crippen molar-refractivity contribution in [2.24, 2.45) is 4.99 Å². The first-order chi connectivity index (χ1) is 10.7. The van der Waals surface area contributed by atoms with E-state index in [9.17, 15) is 9.59 Å². The SMILES string of the molecule is CCNC(=NCCCOCC)NCCN1C(=O)CCCC1=O.I. The Labute approximate surface area is 155 Å². The van der Waals surface area contributed by atoms with Crippen LogP contribution in [0.4, 0.5) is 0 Å². The molecule has 0 spiro atoms. The smallest absolute Gasteiger partial charge is 0.229 e. The summed E-state index contributed by atoms with van der Waals surface area (Å²) in [6.45, 7) is 7.73. The third-order valence-corrected chi connectivity index (χ3v) is 3.28. The number of imide groups is 1. The number of likely N-dealkylation sites (tertiary alicyclic amines) is 1. The molecular formula is C15H29IN4O3. The molecule has 1 saturated heterocycles. The van der Waals surface area contributed by atoms with E-state index in [4.69, 9.17) is 4.74 Å². The molecule has 134 valence electrons. The highest BCUT2D eigenvalue weighted by Gasteiger charge is 2.25. The fraction of sp³-hybridized carbons (Fsp3) is 0.800. The van der Waals surface area contributed by atoms with Crippen LogP contribution in [0.25, 0.3) is 0 Å². The van der Waals surface area contributed by atoms with Crippen molar-refractivity contribution in [3.8, 4) is 0 Å². The van der Waals surface area contributed by atoms with Crippen LogP contribution in [0.15, 0.2) is 4.99 Å². The fourth-order valence-corrected chi connectivity index (χ4v) is 2.18. The molecule has 0 atom stereocenters. The molecule has 0 aliphatic carbocycles. The molecule has 0 aromatic heterocycles. The van der Waals surface area contributed by atoms with Gasteiger partial charge in [-0.2, -0.15) is 0 Å². The predicted octanol–water partition coefficient (Wildman–Crippen LogP) is 1.13. The second-order valence-corrected chi connectivity index (χ2v) is 5.03. The Morgan fingerprint density at radius 1 is 1.22 bits per heavy atom. The maximum Gasteiger partial charge on any atom is 0.229 e. The van der Waals surface area contributed by atoms with E-state index in [1.54, 1.807) is 0 Å². The van der Waals surface area contributed by atoms with Crippen molar-refractivity contribution in [1.82, 2.24) is 15.5 Å². The largest absolute Gasteiger partial charge is 0.382 e. The molecule has 2 amide bonds. The maximum absolute atomic E-state index is 11.7. The lowest BCUT2D eigenvalue weighted by Crippen LogP contribution is -2.46. The summed E-state index contributed by atoms with van der Waals surface area (Å²) >= 11 is 0. The number of nitrogens with zero attached hydrogens (tertiary/aromatic N) is 2. The Morgan fingerprint density at radius 3 is 2.52 bits per heavy atom. The van der Waals surface area contributed by atoms with Gasteiger partial charge in [-0.15, -0.1) is 24.0 Å². The Balaban J connectivity index is 0.00000484. The summed E-state index contributed by atoms with van der Waals surface area (Å²) in [5.41, 5.74) is 0. The lowest BCUT2D eigenvalue weighted by molar-refractivity contribution is -0.147. The van der Waals surface area contributed by atoms with Crippen LogP contribution in [0, 0.1) is 0 Å². The number of ether oxygens (including phenoxy) is 1. The molecule has 0 aromatic carbocycles. The van der Waals surface area contributed by atoms with Crippen LogP contribution in [-0.2, 0) is 14.3 Å². The number of guanidine groups is 1. The lowest BCUT2D eigenvalue weighted by atomic mass is 10.1. The van der Waals surface area contributed by atoms with Gasteiger partial charge in [0.25, 0.3) is 0 Å². The number of hydrogen-bond donors (Lipinski definition) is 2. The van der Waals surface area contributed by atoms with E-state index in [0.29, 0.717) is 51.5 Å². The van der Waals surface area contributed by atoms with Crippen molar-refractivity contribution in [2.45, 2.75) is 39.5 Å². The number of amides is 2. The van der Waals surface area contributed by atoms with Gasteiger partial charge in [0.1, 0.15) is 0 Å². The minimum Gasteiger partial charge on any atom is -0.382 e. The zero-order valence-corrected chi connectivity index (χ0v) is 16.4. The van der Waals surface area contributed by atoms with Gasteiger partial charge in [0, 0.05) is 52.2 Å². The molecule has 1 rings (SSSR count). The van der Waals surface area contributed by atoms with Gasteiger partial charge < -0.3 is 15.4 Å². The topological polar surface area (TPSA) is 83.0 Å². The quantitative estimate of drug-likeness (QED) is 0.185.